The molecule has 1 amide bonds. The number of hydrogen-bond donors (Lipinski definition) is 1. The third-order valence-corrected chi connectivity index (χ3v) is 4.04. The van der Waals surface area contributed by atoms with Crippen molar-refractivity contribution < 1.29 is 24.2 Å². The number of carbonyl (C=O) groups is 2. The van der Waals surface area contributed by atoms with E-state index >= 15 is 0 Å². The van der Waals surface area contributed by atoms with Crippen molar-refractivity contribution in [2.45, 2.75) is 18.9 Å². The van der Waals surface area contributed by atoms with E-state index in [2.05, 4.69) is 15.9 Å². The summed E-state index contributed by atoms with van der Waals surface area (Å²) < 4.78 is 11.3. The molecule has 1 saturated heterocycles. The predicted octanol–water partition coefficient (Wildman–Crippen LogP) is 1.70. The second-order valence-corrected chi connectivity index (χ2v) is 5.91. The summed E-state index contributed by atoms with van der Waals surface area (Å²) in [5.74, 6) is -0.371. The van der Waals surface area contributed by atoms with E-state index < -0.39 is 12.1 Å². The minimum atomic E-state index is -1.04. The Hall–Kier alpha value is -1.60. The Kier molecular flexibility index (Phi) is 5.79. The van der Waals surface area contributed by atoms with Crippen molar-refractivity contribution in [3.63, 3.8) is 0 Å². The smallest absolute Gasteiger partial charge is 0.334 e. The minimum absolute atomic E-state index is 0.0726. The third-order valence-electron chi connectivity index (χ3n) is 3.55. The van der Waals surface area contributed by atoms with E-state index in [1.807, 2.05) is 18.2 Å². The molecule has 1 unspecified atom stereocenters. The fourth-order valence-electron chi connectivity index (χ4n) is 2.37. The molecule has 6 nitrogen and oxygen atoms in total. The normalized spacial score (nSPS) is 18.1. The molecule has 1 aromatic rings. The van der Waals surface area contributed by atoms with Crippen molar-refractivity contribution >= 4 is 27.8 Å². The lowest BCUT2D eigenvalue weighted by molar-refractivity contribution is -0.159. The van der Waals surface area contributed by atoms with Gasteiger partial charge in [0.15, 0.2) is 6.10 Å². The Balaban J connectivity index is 1.95. The number of methoxy groups -OCH3 is 1. The predicted molar refractivity (Wildman–Crippen MR) is 83.0 cm³/mol. The van der Waals surface area contributed by atoms with Gasteiger partial charge < -0.3 is 19.5 Å². The molecule has 0 aromatic heterocycles. The van der Waals surface area contributed by atoms with E-state index in [0.29, 0.717) is 19.4 Å². The number of nitrogens with zero attached hydrogens (tertiary/aromatic N) is 1. The Bertz CT molecular complexity index is 563. The Morgan fingerprint density at radius 2 is 2.27 bits per heavy atom. The molecule has 0 bridgehead atoms. The first-order valence-electron chi connectivity index (χ1n) is 6.96. The number of aryl methyl sites for hydroxylation is 1. The second-order valence-electron chi connectivity index (χ2n) is 4.99. The monoisotopic (exact) mass is 371 g/mol. The summed E-state index contributed by atoms with van der Waals surface area (Å²) in [6, 6.07) is 5.65. The summed E-state index contributed by atoms with van der Waals surface area (Å²) in [4.78, 5) is 24.7. The summed E-state index contributed by atoms with van der Waals surface area (Å²) in [6.07, 6.45) is -0.0894. The fourth-order valence-corrected chi connectivity index (χ4v) is 2.78. The van der Waals surface area contributed by atoms with Crippen LogP contribution in [0.25, 0.3) is 0 Å². The van der Waals surface area contributed by atoms with Crippen LogP contribution < -0.4 is 4.74 Å². The molecule has 7 heteroatoms. The van der Waals surface area contributed by atoms with Crippen molar-refractivity contribution in [3.8, 4) is 5.75 Å². The minimum Gasteiger partial charge on any atom is -0.496 e. The molecule has 0 saturated carbocycles. The van der Waals surface area contributed by atoms with Gasteiger partial charge in [0.25, 0.3) is 0 Å². The molecule has 1 aromatic carbocycles. The Labute approximate surface area is 137 Å². The van der Waals surface area contributed by atoms with Gasteiger partial charge in [0, 0.05) is 17.4 Å². The Morgan fingerprint density at radius 3 is 2.95 bits per heavy atom. The molecular formula is C15H18BrNO5. The maximum atomic E-state index is 12.2. The van der Waals surface area contributed by atoms with Crippen molar-refractivity contribution in [1.82, 2.24) is 4.90 Å². The number of morpholine rings is 1. The highest BCUT2D eigenvalue weighted by molar-refractivity contribution is 9.10. The van der Waals surface area contributed by atoms with Crippen LogP contribution in [-0.4, -0.2) is 54.8 Å². The van der Waals surface area contributed by atoms with Gasteiger partial charge in [-0.25, -0.2) is 4.79 Å². The number of aliphatic carboxylic acids is 1. The first kappa shape index (κ1) is 16.8. The zero-order valence-electron chi connectivity index (χ0n) is 12.3. The summed E-state index contributed by atoms with van der Waals surface area (Å²) in [6.45, 7) is 0.783. The average Bonchev–Trinajstić information content (AvgIpc) is 2.52. The Morgan fingerprint density at radius 1 is 1.50 bits per heavy atom. The molecule has 1 aliphatic heterocycles. The van der Waals surface area contributed by atoms with Crippen LogP contribution in [0.4, 0.5) is 0 Å². The standard InChI is InChI=1S/C15H18BrNO5/c1-21-12-4-3-11(16)8-10(12)2-5-14(18)17-6-7-22-13(9-17)15(19)20/h3-4,8,13H,2,5-7,9H2,1H3,(H,19,20). The molecule has 1 N–H and O–H groups in total. The van der Waals surface area contributed by atoms with Crippen molar-refractivity contribution in [2.24, 2.45) is 0 Å². The van der Waals surface area contributed by atoms with Gasteiger partial charge in [-0.3, -0.25) is 4.79 Å². The summed E-state index contributed by atoms with van der Waals surface area (Å²) in [7, 11) is 1.59. The second kappa shape index (κ2) is 7.60. The largest absolute Gasteiger partial charge is 0.496 e. The van der Waals surface area contributed by atoms with Crippen molar-refractivity contribution in [1.29, 1.82) is 0 Å². The zero-order chi connectivity index (χ0) is 16.1. The van der Waals surface area contributed by atoms with Crippen molar-refractivity contribution in [2.75, 3.05) is 26.8 Å². The molecular weight excluding hydrogens is 354 g/mol. The summed E-state index contributed by atoms with van der Waals surface area (Å²) >= 11 is 3.40. The third kappa shape index (κ3) is 4.20. The SMILES string of the molecule is COc1ccc(Br)cc1CCC(=O)N1CCOC(C(=O)O)C1. The molecule has 2 rings (SSSR count). The fraction of sp³-hybridized carbons (Fsp3) is 0.467. The molecule has 0 radical (unpaired) electrons. The lowest BCUT2D eigenvalue weighted by Gasteiger charge is -2.31. The lowest BCUT2D eigenvalue weighted by atomic mass is 10.1. The number of hydrogen-bond acceptors (Lipinski definition) is 4. The number of carboxylic acid groups (broad SMARTS) is 1. The number of rotatable bonds is 5. The van der Waals surface area contributed by atoms with Gasteiger partial charge in [-0.05, 0) is 30.2 Å². The average molecular weight is 372 g/mol. The van der Waals surface area contributed by atoms with Crippen molar-refractivity contribution in [3.05, 3.63) is 28.2 Å². The number of carboxylic acids is 1. The van der Waals surface area contributed by atoms with Crippen LogP contribution in [0.3, 0.4) is 0 Å². The molecule has 22 heavy (non-hydrogen) atoms. The highest BCUT2D eigenvalue weighted by Crippen LogP contribution is 2.24. The first-order chi connectivity index (χ1) is 10.5. The molecule has 1 heterocycles. The van der Waals surface area contributed by atoms with Gasteiger partial charge >= 0.3 is 5.97 Å². The maximum absolute atomic E-state index is 12.2. The van der Waals surface area contributed by atoms with E-state index in [9.17, 15) is 9.59 Å². The highest BCUT2D eigenvalue weighted by atomic mass is 79.9. The molecule has 1 atom stereocenters. The molecule has 120 valence electrons. The van der Waals surface area contributed by atoms with Gasteiger partial charge in [0.05, 0.1) is 20.3 Å². The summed E-state index contributed by atoms with van der Waals surface area (Å²) in [5.41, 5.74) is 0.938. The molecule has 1 aliphatic rings. The maximum Gasteiger partial charge on any atom is 0.334 e. The lowest BCUT2D eigenvalue weighted by Crippen LogP contribution is -2.48. The number of amides is 1. The van der Waals surface area contributed by atoms with Crippen LogP contribution in [0, 0.1) is 0 Å². The number of carbonyl (C=O) groups excluding carboxylic acids is 1. The van der Waals surface area contributed by atoms with E-state index in [1.165, 1.54) is 0 Å². The topological polar surface area (TPSA) is 76.1 Å². The molecule has 1 fully saturated rings. The van der Waals surface area contributed by atoms with Gasteiger partial charge in [0.1, 0.15) is 5.75 Å². The quantitative estimate of drug-likeness (QED) is 0.852. The van der Waals surface area contributed by atoms with Crippen LogP contribution in [0.1, 0.15) is 12.0 Å². The van der Waals surface area contributed by atoms with E-state index in [-0.39, 0.29) is 19.1 Å². The number of benzene rings is 1. The summed E-state index contributed by atoms with van der Waals surface area (Å²) in [5, 5.41) is 8.96. The first-order valence-corrected chi connectivity index (χ1v) is 7.75. The molecule has 0 aliphatic carbocycles. The molecule has 0 spiro atoms. The number of ether oxygens (including phenoxy) is 2. The van der Waals surface area contributed by atoms with E-state index in [1.54, 1.807) is 12.0 Å². The zero-order valence-corrected chi connectivity index (χ0v) is 13.8. The number of halogens is 1. The van der Waals surface area contributed by atoms with Gasteiger partial charge in [-0.1, -0.05) is 15.9 Å². The van der Waals surface area contributed by atoms with Gasteiger partial charge in [-0.15, -0.1) is 0 Å². The van der Waals surface area contributed by atoms with Gasteiger partial charge in [0.2, 0.25) is 5.91 Å². The highest BCUT2D eigenvalue weighted by Gasteiger charge is 2.28. The van der Waals surface area contributed by atoms with Gasteiger partial charge in [-0.2, -0.15) is 0 Å². The van der Waals surface area contributed by atoms with E-state index in [0.717, 1.165) is 15.8 Å². The van der Waals surface area contributed by atoms with Crippen LogP contribution in [0.5, 0.6) is 5.75 Å². The van der Waals surface area contributed by atoms with Crippen LogP contribution >= 0.6 is 15.9 Å². The van der Waals surface area contributed by atoms with Crippen LogP contribution in [0.15, 0.2) is 22.7 Å². The van der Waals surface area contributed by atoms with Crippen LogP contribution in [0.2, 0.25) is 0 Å². The van der Waals surface area contributed by atoms with Crippen LogP contribution in [-0.2, 0) is 20.7 Å². The van der Waals surface area contributed by atoms with E-state index in [4.69, 9.17) is 14.6 Å².